The second-order valence-corrected chi connectivity index (χ2v) is 5.21. The molecule has 18 heavy (non-hydrogen) atoms. The van der Waals surface area contributed by atoms with Crippen LogP contribution in [0, 0.1) is 12.8 Å². The van der Waals surface area contributed by atoms with E-state index in [0.29, 0.717) is 6.04 Å². The fraction of sp³-hybridized carbons (Fsp3) is 0.750. The minimum absolute atomic E-state index is 0.380. The number of furan rings is 1. The summed E-state index contributed by atoms with van der Waals surface area (Å²) in [6.07, 6.45) is 6.43. The summed E-state index contributed by atoms with van der Waals surface area (Å²) in [4.78, 5) is 0. The summed E-state index contributed by atoms with van der Waals surface area (Å²) in [5, 5.41) is 3.56. The molecule has 0 aliphatic rings. The van der Waals surface area contributed by atoms with Gasteiger partial charge in [-0.15, -0.1) is 0 Å². The smallest absolute Gasteiger partial charge is 0.121 e. The molecular formula is C16H29NO. The van der Waals surface area contributed by atoms with Gasteiger partial charge in [-0.3, -0.25) is 0 Å². The molecule has 2 atom stereocenters. The maximum atomic E-state index is 5.79. The highest BCUT2D eigenvalue weighted by Gasteiger charge is 2.18. The van der Waals surface area contributed by atoms with Crippen LogP contribution in [0.25, 0.3) is 0 Å². The Morgan fingerprint density at radius 3 is 2.50 bits per heavy atom. The average Bonchev–Trinajstić information content (AvgIpc) is 2.80. The van der Waals surface area contributed by atoms with Crippen molar-refractivity contribution in [2.45, 2.75) is 65.8 Å². The Bertz CT molecular complexity index is 319. The van der Waals surface area contributed by atoms with Gasteiger partial charge in [0.2, 0.25) is 0 Å². The zero-order valence-corrected chi connectivity index (χ0v) is 12.5. The van der Waals surface area contributed by atoms with E-state index in [9.17, 15) is 0 Å². The van der Waals surface area contributed by atoms with Gasteiger partial charge in [0.25, 0.3) is 0 Å². The number of nitrogens with one attached hydrogen (secondary N) is 1. The molecule has 0 saturated carbocycles. The van der Waals surface area contributed by atoms with Crippen molar-refractivity contribution in [2.75, 3.05) is 6.54 Å². The van der Waals surface area contributed by atoms with E-state index >= 15 is 0 Å². The predicted molar refractivity (Wildman–Crippen MR) is 77.8 cm³/mol. The van der Waals surface area contributed by atoms with Crippen LogP contribution in [0.5, 0.6) is 0 Å². The zero-order chi connectivity index (χ0) is 13.4. The highest BCUT2D eigenvalue weighted by atomic mass is 16.3. The van der Waals surface area contributed by atoms with Gasteiger partial charge in [-0.1, -0.05) is 46.5 Å². The molecule has 1 heterocycles. The lowest BCUT2D eigenvalue weighted by Gasteiger charge is -2.22. The Labute approximate surface area is 112 Å². The van der Waals surface area contributed by atoms with Gasteiger partial charge in [0.05, 0.1) is 6.04 Å². The molecule has 0 aliphatic heterocycles. The standard InChI is InChI=1S/C16H29NO/c1-5-8-9-14(6-2)12-15(17-7-3)16-11-10-13(4)18-16/h10-11,14-15,17H,5-9,12H2,1-4H3. The first kappa shape index (κ1) is 15.3. The van der Waals surface area contributed by atoms with Gasteiger partial charge in [0, 0.05) is 0 Å². The van der Waals surface area contributed by atoms with Crippen LogP contribution in [0.15, 0.2) is 16.5 Å². The van der Waals surface area contributed by atoms with Crippen molar-refractivity contribution in [3.63, 3.8) is 0 Å². The first-order chi connectivity index (χ1) is 8.71. The number of hydrogen-bond donors (Lipinski definition) is 1. The number of hydrogen-bond acceptors (Lipinski definition) is 2. The van der Waals surface area contributed by atoms with Crippen LogP contribution in [0.4, 0.5) is 0 Å². The lowest BCUT2D eigenvalue weighted by Crippen LogP contribution is -2.23. The molecule has 104 valence electrons. The van der Waals surface area contributed by atoms with Crippen molar-refractivity contribution in [3.8, 4) is 0 Å². The summed E-state index contributed by atoms with van der Waals surface area (Å²) in [5.74, 6) is 2.92. The molecule has 0 fully saturated rings. The monoisotopic (exact) mass is 251 g/mol. The summed E-state index contributed by atoms with van der Waals surface area (Å²) >= 11 is 0. The van der Waals surface area contributed by atoms with E-state index in [0.717, 1.165) is 24.0 Å². The summed E-state index contributed by atoms with van der Waals surface area (Å²) < 4.78 is 5.79. The normalized spacial score (nSPS) is 14.7. The molecule has 0 saturated heterocycles. The minimum atomic E-state index is 0.380. The fourth-order valence-electron chi connectivity index (χ4n) is 2.50. The Morgan fingerprint density at radius 1 is 1.22 bits per heavy atom. The molecule has 0 aliphatic carbocycles. The number of aryl methyl sites for hydroxylation is 1. The van der Waals surface area contributed by atoms with Crippen molar-refractivity contribution in [1.82, 2.24) is 5.32 Å². The van der Waals surface area contributed by atoms with Crippen molar-refractivity contribution in [2.24, 2.45) is 5.92 Å². The van der Waals surface area contributed by atoms with Gasteiger partial charge < -0.3 is 9.73 Å². The predicted octanol–water partition coefficient (Wildman–Crippen LogP) is 4.85. The van der Waals surface area contributed by atoms with Gasteiger partial charge in [0.15, 0.2) is 0 Å². The van der Waals surface area contributed by atoms with E-state index in [4.69, 9.17) is 4.42 Å². The number of rotatable bonds is 9. The second-order valence-electron chi connectivity index (χ2n) is 5.21. The maximum Gasteiger partial charge on any atom is 0.121 e. The van der Waals surface area contributed by atoms with E-state index in [2.05, 4.69) is 38.2 Å². The molecule has 2 heteroatoms. The van der Waals surface area contributed by atoms with Gasteiger partial charge >= 0.3 is 0 Å². The van der Waals surface area contributed by atoms with Crippen LogP contribution < -0.4 is 5.32 Å². The average molecular weight is 251 g/mol. The van der Waals surface area contributed by atoms with Crippen molar-refractivity contribution < 1.29 is 4.42 Å². The topological polar surface area (TPSA) is 25.2 Å². The third kappa shape index (κ3) is 4.85. The molecule has 2 nitrogen and oxygen atoms in total. The first-order valence-corrected chi connectivity index (χ1v) is 7.50. The molecule has 1 rings (SSSR count). The first-order valence-electron chi connectivity index (χ1n) is 7.50. The minimum Gasteiger partial charge on any atom is -0.465 e. The van der Waals surface area contributed by atoms with Crippen LogP contribution in [0.3, 0.4) is 0 Å². The third-order valence-electron chi connectivity index (χ3n) is 3.67. The summed E-state index contributed by atoms with van der Waals surface area (Å²) in [6.45, 7) is 9.74. The van der Waals surface area contributed by atoms with Crippen LogP contribution >= 0.6 is 0 Å². The van der Waals surface area contributed by atoms with E-state index in [1.165, 1.54) is 32.1 Å². The van der Waals surface area contributed by atoms with Crippen molar-refractivity contribution >= 4 is 0 Å². The Kier molecular flexibility index (Phi) is 7.11. The Morgan fingerprint density at radius 2 is 2.00 bits per heavy atom. The Balaban J connectivity index is 2.60. The fourth-order valence-corrected chi connectivity index (χ4v) is 2.50. The largest absolute Gasteiger partial charge is 0.465 e. The highest BCUT2D eigenvalue weighted by molar-refractivity contribution is 5.09. The summed E-state index contributed by atoms with van der Waals surface area (Å²) in [5.41, 5.74) is 0. The summed E-state index contributed by atoms with van der Waals surface area (Å²) in [7, 11) is 0. The summed E-state index contributed by atoms with van der Waals surface area (Å²) in [6, 6.07) is 4.56. The van der Waals surface area contributed by atoms with Crippen LogP contribution in [-0.4, -0.2) is 6.54 Å². The van der Waals surface area contributed by atoms with Crippen LogP contribution in [0.1, 0.15) is 70.4 Å². The quantitative estimate of drug-likeness (QED) is 0.679. The molecule has 2 unspecified atom stereocenters. The lowest BCUT2D eigenvalue weighted by atomic mass is 9.91. The number of unbranched alkanes of at least 4 members (excludes halogenated alkanes) is 1. The molecule has 0 aromatic carbocycles. The highest BCUT2D eigenvalue weighted by Crippen LogP contribution is 2.27. The Hall–Kier alpha value is -0.760. The van der Waals surface area contributed by atoms with Gasteiger partial charge in [-0.25, -0.2) is 0 Å². The molecule has 1 aromatic heterocycles. The molecule has 0 bridgehead atoms. The SMILES string of the molecule is CCCCC(CC)CC(NCC)c1ccc(C)o1. The van der Waals surface area contributed by atoms with E-state index in [1.807, 2.05) is 6.92 Å². The molecular weight excluding hydrogens is 222 g/mol. The van der Waals surface area contributed by atoms with Crippen LogP contribution in [0.2, 0.25) is 0 Å². The van der Waals surface area contributed by atoms with Crippen LogP contribution in [-0.2, 0) is 0 Å². The van der Waals surface area contributed by atoms with Crippen molar-refractivity contribution in [1.29, 1.82) is 0 Å². The van der Waals surface area contributed by atoms with Gasteiger partial charge in [-0.2, -0.15) is 0 Å². The molecule has 0 amide bonds. The molecule has 1 aromatic rings. The van der Waals surface area contributed by atoms with Crippen molar-refractivity contribution in [3.05, 3.63) is 23.7 Å². The second kappa shape index (κ2) is 8.36. The molecule has 1 N–H and O–H groups in total. The van der Waals surface area contributed by atoms with E-state index < -0.39 is 0 Å². The third-order valence-corrected chi connectivity index (χ3v) is 3.67. The molecule has 0 spiro atoms. The van der Waals surface area contributed by atoms with E-state index in [1.54, 1.807) is 0 Å². The zero-order valence-electron chi connectivity index (χ0n) is 12.5. The maximum absolute atomic E-state index is 5.79. The molecule has 0 radical (unpaired) electrons. The lowest BCUT2D eigenvalue weighted by molar-refractivity contribution is 0.317. The van der Waals surface area contributed by atoms with Gasteiger partial charge in [0.1, 0.15) is 11.5 Å². The van der Waals surface area contributed by atoms with Gasteiger partial charge in [-0.05, 0) is 37.9 Å². The van der Waals surface area contributed by atoms with E-state index in [-0.39, 0.29) is 0 Å².